The zero-order valence-corrected chi connectivity index (χ0v) is 36.8. The van der Waals surface area contributed by atoms with Gasteiger partial charge >= 0.3 is 0 Å². The average Bonchev–Trinajstić information content (AvgIpc) is 3.22. The summed E-state index contributed by atoms with van der Waals surface area (Å²) in [7, 11) is 0. The molecule has 0 bridgehead atoms. The molecule has 7 unspecified atom stereocenters. The van der Waals surface area contributed by atoms with Crippen LogP contribution < -0.4 is 5.32 Å². The molecule has 0 aliphatic carbocycles. The van der Waals surface area contributed by atoms with Crippen molar-refractivity contribution in [2.24, 2.45) is 0 Å². The van der Waals surface area contributed by atoms with Crippen LogP contribution in [0.2, 0.25) is 0 Å². The van der Waals surface area contributed by atoms with Gasteiger partial charge in [-0.05, 0) is 57.8 Å². The zero-order valence-electron chi connectivity index (χ0n) is 36.8. The van der Waals surface area contributed by atoms with Crippen LogP contribution in [0.3, 0.4) is 0 Å². The minimum Gasteiger partial charge on any atom is -0.394 e. The molecule has 336 valence electrons. The molecule has 1 amide bonds. The molecule has 1 fully saturated rings. The number of hydrogen-bond donors (Lipinski definition) is 6. The van der Waals surface area contributed by atoms with Crippen molar-refractivity contribution >= 4 is 5.91 Å². The maximum absolute atomic E-state index is 13.0. The number of nitrogens with one attached hydrogen (secondary N) is 1. The second kappa shape index (κ2) is 39.1. The predicted molar refractivity (Wildman–Crippen MR) is 239 cm³/mol. The predicted octanol–water partition coefficient (Wildman–Crippen LogP) is 10.0. The first-order valence-electron chi connectivity index (χ1n) is 23.5. The fourth-order valence-electron chi connectivity index (χ4n) is 7.13. The number of carbonyl (C=O) groups is 1. The number of rotatable bonds is 38. The summed E-state index contributed by atoms with van der Waals surface area (Å²) < 4.78 is 11.2. The molecule has 1 heterocycles. The molecule has 1 rings (SSSR count). The summed E-state index contributed by atoms with van der Waals surface area (Å²) in [5.74, 6) is -0.177. The maximum Gasteiger partial charge on any atom is 0.220 e. The van der Waals surface area contributed by atoms with Crippen molar-refractivity contribution in [2.45, 2.75) is 230 Å². The number of ether oxygens (including phenoxy) is 2. The van der Waals surface area contributed by atoms with Crippen molar-refractivity contribution in [2.75, 3.05) is 13.2 Å². The fourth-order valence-corrected chi connectivity index (χ4v) is 7.13. The molecule has 9 nitrogen and oxygen atoms in total. The Kier molecular flexibility index (Phi) is 36.3. The number of carbonyl (C=O) groups excluding carboxylic acids is 1. The Morgan fingerprint density at radius 3 is 1.57 bits per heavy atom. The Morgan fingerprint density at radius 1 is 0.603 bits per heavy atom. The zero-order chi connectivity index (χ0) is 42.3. The molecule has 9 heteroatoms. The smallest absolute Gasteiger partial charge is 0.220 e. The van der Waals surface area contributed by atoms with Gasteiger partial charge < -0.3 is 40.3 Å². The quantitative estimate of drug-likeness (QED) is 0.0267. The highest BCUT2D eigenvalue weighted by atomic mass is 16.7. The lowest BCUT2D eigenvalue weighted by Crippen LogP contribution is -2.60. The number of aliphatic hydroxyl groups excluding tert-OH is 5. The molecule has 0 saturated carbocycles. The summed E-state index contributed by atoms with van der Waals surface area (Å²) in [6, 6.07) is -0.738. The average molecular weight is 818 g/mol. The molecular formula is C49H87NO8. The Balaban J connectivity index is 2.36. The second-order valence-electron chi connectivity index (χ2n) is 16.2. The van der Waals surface area contributed by atoms with Crippen molar-refractivity contribution in [1.29, 1.82) is 0 Å². The van der Waals surface area contributed by atoms with E-state index in [4.69, 9.17) is 9.47 Å². The van der Waals surface area contributed by atoms with E-state index in [0.717, 1.165) is 77.0 Å². The third kappa shape index (κ3) is 29.2. The van der Waals surface area contributed by atoms with E-state index in [1.165, 1.54) is 83.5 Å². The first-order valence-corrected chi connectivity index (χ1v) is 23.5. The van der Waals surface area contributed by atoms with E-state index in [2.05, 4.69) is 79.9 Å². The third-order valence-corrected chi connectivity index (χ3v) is 10.9. The molecule has 0 aromatic heterocycles. The molecule has 1 aliphatic heterocycles. The van der Waals surface area contributed by atoms with E-state index in [0.29, 0.717) is 12.8 Å². The molecule has 58 heavy (non-hydrogen) atoms. The van der Waals surface area contributed by atoms with Gasteiger partial charge in [0, 0.05) is 6.42 Å². The number of amides is 1. The summed E-state index contributed by atoms with van der Waals surface area (Å²) in [5, 5.41) is 54.4. The lowest BCUT2D eigenvalue weighted by Gasteiger charge is -2.40. The van der Waals surface area contributed by atoms with Crippen LogP contribution in [0.5, 0.6) is 0 Å². The van der Waals surface area contributed by atoms with E-state index in [1.807, 2.05) is 0 Å². The lowest BCUT2D eigenvalue weighted by molar-refractivity contribution is -0.302. The van der Waals surface area contributed by atoms with E-state index >= 15 is 0 Å². The van der Waals surface area contributed by atoms with Crippen LogP contribution >= 0.6 is 0 Å². The van der Waals surface area contributed by atoms with Crippen LogP contribution in [0.15, 0.2) is 60.8 Å². The first-order chi connectivity index (χ1) is 28.3. The number of aliphatic hydroxyl groups is 5. The van der Waals surface area contributed by atoms with Gasteiger partial charge in [-0.15, -0.1) is 0 Å². The van der Waals surface area contributed by atoms with Gasteiger partial charge in [0.15, 0.2) is 6.29 Å². The van der Waals surface area contributed by atoms with Gasteiger partial charge in [-0.3, -0.25) is 4.79 Å². The van der Waals surface area contributed by atoms with Gasteiger partial charge in [-0.2, -0.15) is 0 Å². The summed E-state index contributed by atoms with van der Waals surface area (Å²) in [4.78, 5) is 13.0. The Bertz CT molecular complexity index is 1090. The van der Waals surface area contributed by atoms with E-state index in [9.17, 15) is 30.3 Å². The summed E-state index contributed by atoms with van der Waals surface area (Å²) in [6.07, 6.45) is 43.6. The van der Waals surface area contributed by atoms with Crippen LogP contribution in [0.4, 0.5) is 0 Å². The highest BCUT2D eigenvalue weighted by molar-refractivity contribution is 5.76. The molecule has 0 aromatic carbocycles. The summed E-state index contributed by atoms with van der Waals surface area (Å²) in [6.45, 7) is 3.69. The molecule has 6 N–H and O–H groups in total. The van der Waals surface area contributed by atoms with Gasteiger partial charge in [0.2, 0.25) is 5.91 Å². The Hall–Kier alpha value is -2.11. The standard InChI is InChI=1S/C49H87NO8/c1-3-5-7-9-11-13-15-17-19-21-22-23-25-27-29-31-33-35-37-39-45(53)50-42(41-57-49-48(56)47(55)46(54)44(40-51)58-49)43(52)38-36-34-32-30-28-26-24-20-18-16-14-12-10-8-6-4-2/h5,7,11,13,17,19,22-23,27,29,42-44,46-49,51-52,54-56H,3-4,6,8-10,12,14-16,18,20-21,24-26,28,30-41H2,1-2H3,(H,50,53)/b7-5-,13-11-,19-17-,23-22-,29-27-. The minimum absolute atomic E-state index is 0.154. The first kappa shape index (κ1) is 53.9. The fraction of sp³-hybridized carbons (Fsp3) is 0.776. The van der Waals surface area contributed by atoms with Crippen LogP contribution in [-0.4, -0.2) is 87.5 Å². The number of unbranched alkanes of at least 4 members (excludes halogenated alkanes) is 18. The second-order valence-corrected chi connectivity index (χ2v) is 16.2. The van der Waals surface area contributed by atoms with E-state index in [-0.39, 0.29) is 12.5 Å². The summed E-state index contributed by atoms with van der Waals surface area (Å²) in [5.41, 5.74) is 0. The molecule has 1 saturated heterocycles. The van der Waals surface area contributed by atoms with Gasteiger partial charge in [0.1, 0.15) is 24.4 Å². The lowest BCUT2D eigenvalue weighted by atomic mass is 9.99. The molecule has 1 aliphatic rings. The van der Waals surface area contributed by atoms with Gasteiger partial charge in [-0.25, -0.2) is 0 Å². The highest BCUT2D eigenvalue weighted by Crippen LogP contribution is 2.23. The van der Waals surface area contributed by atoms with Crippen LogP contribution in [0, 0.1) is 0 Å². The molecular weight excluding hydrogens is 731 g/mol. The van der Waals surface area contributed by atoms with Crippen molar-refractivity contribution in [1.82, 2.24) is 5.32 Å². The third-order valence-electron chi connectivity index (χ3n) is 10.9. The van der Waals surface area contributed by atoms with E-state index < -0.39 is 49.5 Å². The SMILES string of the molecule is CC/C=C\C/C=C\C/C=C\C/C=C\C/C=C\CCCCCC(=O)NC(COC1OC(CO)C(O)C(O)C1O)C(O)CCCCCCCCCCCCCCCCCC. The van der Waals surface area contributed by atoms with Crippen molar-refractivity contribution in [3.8, 4) is 0 Å². The van der Waals surface area contributed by atoms with Crippen molar-refractivity contribution < 1.29 is 39.8 Å². The number of allylic oxidation sites excluding steroid dienone is 10. The van der Waals surface area contributed by atoms with Gasteiger partial charge in [-0.1, -0.05) is 184 Å². The van der Waals surface area contributed by atoms with Crippen LogP contribution in [0.1, 0.15) is 187 Å². The van der Waals surface area contributed by atoms with Gasteiger partial charge in [0.05, 0.1) is 25.4 Å². The van der Waals surface area contributed by atoms with Gasteiger partial charge in [0.25, 0.3) is 0 Å². The van der Waals surface area contributed by atoms with Crippen molar-refractivity contribution in [3.63, 3.8) is 0 Å². The Morgan fingerprint density at radius 2 is 1.07 bits per heavy atom. The van der Waals surface area contributed by atoms with Crippen molar-refractivity contribution in [3.05, 3.63) is 60.8 Å². The topological polar surface area (TPSA) is 149 Å². The maximum atomic E-state index is 13.0. The molecule has 0 spiro atoms. The monoisotopic (exact) mass is 818 g/mol. The largest absolute Gasteiger partial charge is 0.394 e. The normalized spacial score (nSPS) is 21.4. The Labute approximate surface area is 354 Å². The number of hydrogen-bond acceptors (Lipinski definition) is 8. The van der Waals surface area contributed by atoms with Crippen LogP contribution in [-0.2, 0) is 14.3 Å². The summed E-state index contributed by atoms with van der Waals surface area (Å²) >= 11 is 0. The minimum atomic E-state index is -1.56. The molecule has 0 radical (unpaired) electrons. The van der Waals surface area contributed by atoms with Crippen LogP contribution in [0.25, 0.3) is 0 Å². The molecule has 7 atom stereocenters. The molecule has 0 aromatic rings. The van der Waals surface area contributed by atoms with E-state index in [1.54, 1.807) is 0 Å². The highest BCUT2D eigenvalue weighted by Gasteiger charge is 2.44.